The van der Waals surface area contributed by atoms with E-state index in [2.05, 4.69) is 15.4 Å². The number of ether oxygens (including phenoxy) is 2. The Morgan fingerprint density at radius 2 is 2.05 bits per heavy atom. The predicted molar refractivity (Wildman–Crippen MR) is 56.6 cm³/mol. The third kappa shape index (κ3) is 5.29. The number of carbonyl (C=O) groups is 1. The van der Waals surface area contributed by atoms with Crippen LogP contribution in [0.15, 0.2) is 18.2 Å². The van der Waals surface area contributed by atoms with E-state index in [1.54, 1.807) is 6.92 Å². The van der Waals surface area contributed by atoms with Gasteiger partial charge in [-0.05, 0) is 19.1 Å². The Bertz CT molecular complexity index is 526. The molecule has 7 heteroatoms. The Hall–Kier alpha value is -2.23. The van der Waals surface area contributed by atoms with E-state index in [0.29, 0.717) is 6.07 Å². The number of hydrogen-bond donors (Lipinski definition) is 0. The van der Waals surface area contributed by atoms with Gasteiger partial charge in [-0.2, -0.15) is 0 Å². The topological polar surface area (TPSA) is 35.5 Å². The van der Waals surface area contributed by atoms with Gasteiger partial charge >= 0.3 is 12.3 Å². The lowest BCUT2D eigenvalue weighted by Crippen LogP contribution is -2.17. The molecule has 0 aliphatic rings. The number of esters is 1. The van der Waals surface area contributed by atoms with Crippen molar-refractivity contribution in [3.63, 3.8) is 0 Å². The first-order valence-corrected chi connectivity index (χ1v) is 5.06. The van der Waals surface area contributed by atoms with Crippen molar-refractivity contribution in [1.29, 1.82) is 0 Å². The molecule has 1 aromatic carbocycles. The first-order valence-electron chi connectivity index (χ1n) is 5.06. The maximum absolute atomic E-state index is 13.4. The number of hydrogen-bond acceptors (Lipinski definition) is 3. The van der Waals surface area contributed by atoms with Crippen molar-refractivity contribution in [2.45, 2.75) is 13.3 Å². The van der Waals surface area contributed by atoms with E-state index < -0.39 is 23.9 Å². The SMILES string of the molecule is CCOC(=O)C#Cc1ccc(OC(F)(F)F)cc1F. The zero-order valence-electron chi connectivity index (χ0n) is 9.68. The highest BCUT2D eigenvalue weighted by Gasteiger charge is 2.31. The van der Waals surface area contributed by atoms with Gasteiger partial charge in [-0.25, -0.2) is 9.18 Å². The second-order valence-electron chi connectivity index (χ2n) is 3.16. The minimum Gasteiger partial charge on any atom is -0.456 e. The first-order chi connectivity index (χ1) is 8.81. The number of alkyl halides is 3. The fraction of sp³-hybridized carbons (Fsp3) is 0.250. The van der Waals surface area contributed by atoms with Gasteiger partial charge in [0.15, 0.2) is 0 Å². The number of halogens is 4. The van der Waals surface area contributed by atoms with Crippen LogP contribution in [0.3, 0.4) is 0 Å². The lowest BCUT2D eigenvalue weighted by atomic mass is 10.2. The molecule has 3 nitrogen and oxygen atoms in total. The summed E-state index contributed by atoms with van der Waals surface area (Å²) in [5, 5.41) is 0. The van der Waals surface area contributed by atoms with Gasteiger partial charge in [0.05, 0.1) is 12.2 Å². The second kappa shape index (κ2) is 6.09. The van der Waals surface area contributed by atoms with Crippen LogP contribution in [0.4, 0.5) is 17.6 Å². The molecule has 0 saturated carbocycles. The molecule has 0 N–H and O–H groups in total. The average molecular weight is 276 g/mol. The molecule has 0 amide bonds. The highest BCUT2D eigenvalue weighted by molar-refractivity contribution is 5.89. The summed E-state index contributed by atoms with van der Waals surface area (Å²) in [5.41, 5.74) is -0.234. The molecule has 0 atom stereocenters. The van der Waals surface area contributed by atoms with Crippen molar-refractivity contribution in [2.75, 3.05) is 6.61 Å². The third-order valence-corrected chi connectivity index (χ3v) is 1.75. The van der Waals surface area contributed by atoms with E-state index in [-0.39, 0.29) is 12.2 Å². The number of carbonyl (C=O) groups excluding carboxylic acids is 1. The van der Waals surface area contributed by atoms with Crippen LogP contribution in [0.1, 0.15) is 12.5 Å². The lowest BCUT2D eigenvalue weighted by Gasteiger charge is -2.08. The Balaban J connectivity index is 2.86. The molecular weight excluding hydrogens is 268 g/mol. The highest BCUT2D eigenvalue weighted by Crippen LogP contribution is 2.24. The average Bonchev–Trinajstić information content (AvgIpc) is 2.26. The largest absolute Gasteiger partial charge is 0.573 e. The summed E-state index contributed by atoms with van der Waals surface area (Å²) in [6, 6.07) is 2.40. The van der Waals surface area contributed by atoms with Crippen LogP contribution in [0.2, 0.25) is 0 Å². The lowest BCUT2D eigenvalue weighted by molar-refractivity contribution is -0.274. The minimum atomic E-state index is -4.90. The smallest absolute Gasteiger partial charge is 0.456 e. The number of benzene rings is 1. The predicted octanol–water partition coefficient (Wildman–Crippen LogP) is 2.64. The van der Waals surface area contributed by atoms with Crippen LogP contribution in [0.25, 0.3) is 0 Å². The van der Waals surface area contributed by atoms with Gasteiger partial charge in [0, 0.05) is 12.0 Å². The summed E-state index contributed by atoms with van der Waals surface area (Å²) in [4.78, 5) is 10.9. The summed E-state index contributed by atoms with van der Waals surface area (Å²) >= 11 is 0. The van der Waals surface area contributed by atoms with Crippen molar-refractivity contribution in [3.05, 3.63) is 29.6 Å². The Morgan fingerprint density at radius 3 is 2.58 bits per heavy atom. The van der Waals surface area contributed by atoms with Gasteiger partial charge in [-0.15, -0.1) is 13.2 Å². The molecule has 1 aromatic rings. The Labute approximate surface area is 106 Å². The minimum absolute atomic E-state index is 0.119. The van der Waals surface area contributed by atoms with Crippen molar-refractivity contribution < 1.29 is 31.8 Å². The molecule has 19 heavy (non-hydrogen) atoms. The molecule has 0 aliphatic heterocycles. The Kier molecular flexibility index (Phi) is 4.75. The summed E-state index contributed by atoms with van der Waals surface area (Å²) in [7, 11) is 0. The van der Waals surface area contributed by atoms with E-state index in [9.17, 15) is 22.4 Å². The molecule has 1 rings (SSSR count). The van der Waals surface area contributed by atoms with Gasteiger partial charge in [0.25, 0.3) is 0 Å². The van der Waals surface area contributed by atoms with Crippen LogP contribution < -0.4 is 4.74 Å². The summed E-state index contributed by atoms with van der Waals surface area (Å²) < 4.78 is 57.0. The van der Waals surface area contributed by atoms with Gasteiger partial charge in [-0.3, -0.25) is 0 Å². The van der Waals surface area contributed by atoms with Crippen molar-refractivity contribution in [2.24, 2.45) is 0 Å². The number of rotatable bonds is 2. The van der Waals surface area contributed by atoms with E-state index in [0.717, 1.165) is 12.1 Å². The molecule has 0 aliphatic carbocycles. The van der Waals surface area contributed by atoms with Crippen LogP contribution in [-0.4, -0.2) is 18.9 Å². The zero-order chi connectivity index (χ0) is 14.5. The van der Waals surface area contributed by atoms with Crippen LogP contribution >= 0.6 is 0 Å². The van der Waals surface area contributed by atoms with Crippen LogP contribution in [0.5, 0.6) is 5.75 Å². The van der Waals surface area contributed by atoms with E-state index in [4.69, 9.17) is 0 Å². The molecule has 102 valence electrons. The molecule has 0 heterocycles. The summed E-state index contributed by atoms with van der Waals surface area (Å²) in [6.07, 6.45) is -4.90. The van der Waals surface area contributed by atoms with Gasteiger partial charge in [-0.1, -0.05) is 5.92 Å². The van der Waals surface area contributed by atoms with Crippen molar-refractivity contribution in [1.82, 2.24) is 0 Å². The molecule has 0 radical (unpaired) electrons. The second-order valence-corrected chi connectivity index (χ2v) is 3.16. The standard InChI is InChI=1S/C12H8F4O3/c1-2-18-11(17)6-4-8-3-5-9(7-10(8)13)19-12(14,15)16/h3,5,7H,2H2,1H3. The van der Waals surface area contributed by atoms with Gasteiger partial charge in [0.2, 0.25) is 0 Å². The summed E-state index contributed by atoms with van der Waals surface area (Å²) in [6.45, 7) is 1.69. The fourth-order valence-electron chi connectivity index (χ4n) is 1.08. The zero-order valence-corrected chi connectivity index (χ0v) is 9.68. The monoisotopic (exact) mass is 276 g/mol. The quantitative estimate of drug-likeness (QED) is 0.473. The van der Waals surface area contributed by atoms with Crippen molar-refractivity contribution >= 4 is 5.97 Å². The molecule has 0 aromatic heterocycles. The Morgan fingerprint density at radius 1 is 1.37 bits per heavy atom. The fourth-order valence-corrected chi connectivity index (χ4v) is 1.08. The highest BCUT2D eigenvalue weighted by atomic mass is 19.4. The molecule has 0 saturated heterocycles. The molecule has 0 spiro atoms. The maximum Gasteiger partial charge on any atom is 0.573 e. The molecular formula is C12H8F4O3. The molecule has 0 bridgehead atoms. The van der Waals surface area contributed by atoms with E-state index in [1.165, 1.54) is 0 Å². The van der Waals surface area contributed by atoms with E-state index >= 15 is 0 Å². The summed E-state index contributed by atoms with van der Waals surface area (Å²) in [5.74, 6) is 1.56. The van der Waals surface area contributed by atoms with Crippen molar-refractivity contribution in [3.8, 4) is 17.6 Å². The van der Waals surface area contributed by atoms with Crippen LogP contribution in [0, 0.1) is 17.7 Å². The van der Waals surface area contributed by atoms with E-state index in [1.807, 2.05) is 5.92 Å². The van der Waals surface area contributed by atoms with Crippen LogP contribution in [-0.2, 0) is 9.53 Å². The third-order valence-electron chi connectivity index (χ3n) is 1.75. The molecule has 0 fully saturated rings. The first kappa shape index (κ1) is 14.8. The molecule has 0 unspecified atom stereocenters. The normalized spacial score (nSPS) is 10.4. The van der Waals surface area contributed by atoms with Gasteiger partial charge in [0.1, 0.15) is 11.6 Å². The van der Waals surface area contributed by atoms with Gasteiger partial charge < -0.3 is 9.47 Å². The maximum atomic E-state index is 13.4.